The van der Waals surface area contributed by atoms with Crippen molar-refractivity contribution < 1.29 is 0 Å². The van der Waals surface area contributed by atoms with Crippen molar-refractivity contribution in [3.63, 3.8) is 0 Å². The van der Waals surface area contributed by atoms with E-state index >= 15 is 0 Å². The van der Waals surface area contributed by atoms with E-state index < -0.39 is 0 Å². The third kappa shape index (κ3) is 2.46. The van der Waals surface area contributed by atoms with Crippen LogP contribution in [0.3, 0.4) is 0 Å². The Labute approximate surface area is 79.9 Å². The van der Waals surface area contributed by atoms with Crippen LogP contribution in [-0.4, -0.2) is 4.98 Å². The Bertz CT molecular complexity index is 250. The first-order valence-corrected chi connectivity index (χ1v) is 4.71. The second-order valence-corrected chi connectivity index (χ2v) is 3.60. The fraction of sp³-hybridized carbons (Fsp3) is 0.375. The summed E-state index contributed by atoms with van der Waals surface area (Å²) in [6, 6.07) is 1.90. The lowest BCUT2D eigenvalue weighted by Crippen LogP contribution is -1.87. The molecule has 1 heterocycles. The monoisotopic (exact) mass is 233 g/mol. The van der Waals surface area contributed by atoms with Crippen LogP contribution in [0, 0.1) is 0 Å². The van der Waals surface area contributed by atoms with E-state index in [-0.39, 0.29) is 0 Å². The summed E-state index contributed by atoms with van der Waals surface area (Å²) in [7, 11) is 0. The van der Waals surface area contributed by atoms with Crippen molar-refractivity contribution in [2.75, 3.05) is 0 Å². The van der Waals surface area contributed by atoms with Crippen LogP contribution < -0.4 is 0 Å². The van der Waals surface area contributed by atoms with Crippen LogP contribution in [0.4, 0.5) is 0 Å². The molecule has 0 amide bonds. The lowest BCUT2D eigenvalue weighted by Gasteiger charge is -1.99. The van der Waals surface area contributed by atoms with Gasteiger partial charge in [0.1, 0.15) is 0 Å². The Balaban J connectivity index is 2.86. The first-order valence-electron chi connectivity index (χ1n) is 3.54. The first-order chi connectivity index (χ1) is 5.24. The van der Waals surface area contributed by atoms with Gasteiger partial charge in [-0.15, -0.1) is 0 Å². The maximum absolute atomic E-state index is 5.86. The van der Waals surface area contributed by atoms with E-state index in [1.165, 1.54) is 0 Å². The molecule has 1 rings (SSSR count). The van der Waals surface area contributed by atoms with Gasteiger partial charge in [-0.2, -0.15) is 0 Å². The van der Waals surface area contributed by atoms with Crippen molar-refractivity contribution in [1.82, 2.24) is 4.98 Å². The van der Waals surface area contributed by atoms with Gasteiger partial charge in [-0.05, 0) is 28.4 Å². The number of rotatable bonds is 2. The highest BCUT2D eigenvalue weighted by Crippen LogP contribution is 2.21. The van der Waals surface area contributed by atoms with Gasteiger partial charge in [0.05, 0.1) is 9.50 Å². The molecule has 1 nitrogen and oxygen atoms in total. The third-order valence-corrected chi connectivity index (χ3v) is 2.54. The molecule has 0 bridgehead atoms. The molecular weight excluding hydrogens is 225 g/mol. The summed E-state index contributed by atoms with van der Waals surface area (Å²) in [5.74, 6) is 0. The van der Waals surface area contributed by atoms with E-state index in [0.29, 0.717) is 0 Å². The molecule has 0 N–H and O–H groups in total. The Morgan fingerprint density at radius 3 is 2.91 bits per heavy atom. The SMILES string of the molecule is CCCc1cc(Cl)c(Br)cn1. The molecule has 0 radical (unpaired) electrons. The molecule has 0 fully saturated rings. The van der Waals surface area contributed by atoms with Crippen LogP contribution >= 0.6 is 27.5 Å². The normalized spacial score (nSPS) is 10.1. The van der Waals surface area contributed by atoms with Crippen molar-refractivity contribution in [2.24, 2.45) is 0 Å². The molecule has 1 aromatic heterocycles. The van der Waals surface area contributed by atoms with Crippen LogP contribution in [-0.2, 0) is 6.42 Å². The largest absolute Gasteiger partial charge is 0.260 e. The van der Waals surface area contributed by atoms with E-state index in [1.807, 2.05) is 6.07 Å². The molecule has 0 aliphatic rings. The highest BCUT2D eigenvalue weighted by molar-refractivity contribution is 9.10. The van der Waals surface area contributed by atoms with Gasteiger partial charge in [-0.1, -0.05) is 24.9 Å². The average Bonchev–Trinajstić information content (AvgIpc) is 1.98. The molecule has 0 saturated heterocycles. The van der Waals surface area contributed by atoms with Crippen molar-refractivity contribution in [3.05, 3.63) is 27.5 Å². The number of hydrogen-bond acceptors (Lipinski definition) is 1. The quantitative estimate of drug-likeness (QED) is 0.764. The van der Waals surface area contributed by atoms with E-state index in [9.17, 15) is 0 Å². The van der Waals surface area contributed by atoms with Crippen molar-refractivity contribution in [1.29, 1.82) is 0 Å². The zero-order valence-corrected chi connectivity index (χ0v) is 8.61. The lowest BCUT2D eigenvalue weighted by atomic mass is 10.2. The van der Waals surface area contributed by atoms with Gasteiger partial charge in [0.2, 0.25) is 0 Å². The van der Waals surface area contributed by atoms with E-state index in [2.05, 4.69) is 27.8 Å². The average molecular weight is 235 g/mol. The van der Waals surface area contributed by atoms with Crippen LogP contribution in [0.2, 0.25) is 5.02 Å². The van der Waals surface area contributed by atoms with Crippen LogP contribution in [0.25, 0.3) is 0 Å². The first kappa shape index (κ1) is 9.01. The molecular formula is C8H9BrClN. The number of halogens is 2. The molecule has 60 valence electrons. The maximum Gasteiger partial charge on any atom is 0.0581 e. The predicted octanol–water partition coefficient (Wildman–Crippen LogP) is 3.45. The van der Waals surface area contributed by atoms with Crippen LogP contribution in [0.15, 0.2) is 16.7 Å². The van der Waals surface area contributed by atoms with Gasteiger partial charge >= 0.3 is 0 Å². The summed E-state index contributed by atoms with van der Waals surface area (Å²) in [6.45, 7) is 2.12. The molecule has 0 saturated carbocycles. The molecule has 0 aromatic carbocycles. The minimum Gasteiger partial charge on any atom is -0.260 e. The van der Waals surface area contributed by atoms with Gasteiger partial charge < -0.3 is 0 Å². The summed E-state index contributed by atoms with van der Waals surface area (Å²) in [4.78, 5) is 4.20. The second kappa shape index (κ2) is 4.07. The van der Waals surface area contributed by atoms with Gasteiger partial charge in [0.15, 0.2) is 0 Å². The summed E-state index contributed by atoms with van der Waals surface area (Å²) in [6.07, 6.45) is 3.84. The van der Waals surface area contributed by atoms with E-state index in [1.54, 1.807) is 6.20 Å². The Morgan fingerprint density at radius 2 is 2.36 bits per heavy atom. The van der Waals surface area contributed by atoms with Crippen molar-refractivity contribution in [3.8, 4) is 0 Å². The number of hydrogen-bond donors (Lipinski definition) is 0. The van der Waals surface area contributed by atoms with Gasteiger partial charge in [-0.3, -0.25) is 4.98 Å². The summed E-state index contributed by atoms with van der Waals surface area (Å²) < 4.78 is 0.860. The summed E-state index contributed by atoms with van der Waals surface area (Å²) in [5, 5.41) is 0.739. The smallest absolute Gasteiger partial charge is 0.0581 e. The zero-order valence-electron chi connectivity index (χ0n) is 6.27. The fourth-order valence-corrected chi connectivity index (χ4v) is 1.24. The fourth-order valence-electron chi connectivity index (χ4n) is 0.847. The third-order valence-electron chi connectivity index (χ3n) is 1.37. The maximum atomic E-state index is 5.86. The van der Waals surface area contributed by atoms with Crippen molar-refractivity contribution in [2.45, 2.75) is 19.8 Å². The number of aromatic nitrogens is 1. The summed E-state index contributed by atoms with van der Waals surface area (Å²) in [5.41, 5.74) is 1.06. The van der Waals surface area contributed by atoms with E-state index in [4.69, 9.17) is 11.6 Å². The Hall–Kier alpha value is -0.0800. The molecule has 0 unspecified atom stereocenters. The summed E-state index contributed by atoms with van der Waals surface area (Å²) >= 11 is 9.15. The van der Waals surface area contributed by atoms with Gasteiger partial charge in [-0.25, -0.2) is 0 Å². The molecule has 0 atom stereocenters. The minimum atomic E-state index is 0.739. The van der Waals surface area contributed by atoms with Crippen LogP contribution in [0.5, 0.6) is 0 Å². The molecule has 0 aliphatic carbocycles. The number of pyridine rings is 1. The number of nitrogens with zero attached hydrogens (tertiary/aromatic N) is 1. The minimum absolute atomic E-state index is 0.739. The second-order valence-electron chi connectivity index (χ2n) is 2.34. The van der Waals surface area contributed by atoms with Gasteiger partial charge in [0, 0.05) is 11.9 Å². The molecule has 3 heteroatoms. The topological polar surface area (TPSA) is 12.9 Å². The highest BCUT2D eigenvalue weighted by atomic mass is 79.9. The lowest BCUT2D eigenvalue weighted by molar-refractivity contribution is 0.881. The van der Waals surface area contributed by atoms with Crippen LogP contribution in [0.1, 0.15) is 19.0 Å². The molecule has 11 heavy (non-hydrogen) atoms. The molecule has 0 aliphatic heterocycles. The standard InChI is InChI=1S/C8H9BrClN/c1-2-3-6-4-8(10)7(9)5-11-6/h4-5H,2-3H2,1H3. The zero-order chi connectivity index (χ0) is 8.27. The molecule has 1 aromatic rings. The Kier molecular flexibility index (Phi) is 3.34. The van der Waals surface area contributed by atoms with Crippen molar-refractivity contribution >= 4 is 27.5 Å². The predicted molar refractivity (Wildman–Crippen MR) is 50.9 cm³/mol. The highest BCUT2D eigenvalue weighted by Gasteiger charge is 1.98. The Morgan fingerprint density at radius 1 is 1.64 bits per heavy atom. The van der Waals surface area contributed by atoms with Gasteiger partial charge in [0.25, 0.3) is 0 Å². The van der Waals surface area contributed by atoms with E-state index in [0.717, 1.165) is 28.0 Å². The number of aryl methyl sites for hydroxylation is 1. The molecule has 0 spiro atoms.